The van der Waals surface area contributed by atoms with Crippen LogP contribution in [0.3, 0.4) is 0 Å². The van der Waals surface area contributed by atoms with Gasteiger partial charge in [0.1, 0.15) is 11.9 Å². The predicted molar refractivity (Wildman–Crippen MR) is 71.4 cm³/mol. The number of rotatable bonds is 2. The smallest absolute Gasteiger partial charge is 0.244 e. The molecule has 1 aromatic heterocycles. The summed E-state index contributed by atoms with van der Waals surface area (Å²) < 4.78 is 0. The fraction of sp³-hybridized carbons (Fsp3) is 0.286. The Morgan fingerprint density at radius 3 is 2.94 bits per heavy atom. The van der Waals surface area contributed by atoms with Crippen molar-refractivity contribution in [3.63, 3.8) is 0 Å². The Morgan fingerprint density at radius 1 is 1.33 bits per heavy atom. The summed E-state index contributed by atoms with van der Waals surface area (Å²) in [5.41, 5.74) is 0. The van der Waals surface area contributed by atoms with Gasteiger partial charge in [-0.1, -0.05) is 24.3 Å². The minimum atomic E-state index is -0.145. The molecule has 4 heteroatoms. The molecule has 0 radical (unpaired) electrons. The highest BCUT2D eigenvalue weighted by Crippen LogP contribution is 2.23. The van der Waals surface area contributed by atoms with Gasteiger partial charge in [-0.25, -0.2) is 4.98 Å². The normalized spacial score (nSPS) is 19.5. The number of anilines is 1. The molecule has 3 rings (SSSR count). The second-order valence-corrected chi connectivity index (χ2v) is 4.63. The minimum Gasteiger partial charge on any atom is -0.358 e. The largest absolute Gasteiger partial charge is 0.358 e. The van der Waals surface area contributed by atoms with Gasteiger partial charge in [-0.15, -0.1) is 0 Å². The van der Waals surface area contributed by atoms with E-state index in [9.17, 15) is 4.79 Å². The van der Waals surface area contributed by atoms with Crippen LogP contribution in [0.4, 0.5) is 5.82 Å². The van der Waals surface area contributed by atoms with Crippen LogP contribution in [-0.4, -0.2) is 35.4 Å². The summed E-state index contributed by atoms with van der Waals surface area (Å²) in [6.45, 7) is 0.807. The molecule has 1 saturated heterocycles. The van der Waals surface area contributed by atoms with Crippen LogP contribution in [0.25, 0.3) is 10.8 Å². The molecule has 4 nitrogen and oxygen atoms in total. The van der Waals surface area contributed by atoms with Crippen molar-refractivity contribution in [1.82, 2.24) is 9.88 Å². The van der Waals surface area contributed by atoms with Gasteiger partial charge in [-0.2, -0.15) is 0 Å². The molecule has 0 bridgehead atoms. The second kappa shape index (κ2) is 4.29. The van der Waals surface area contributed by atoms with E-state index in [1.807, 2.05) is 37.4 Å². The first kappa shape index (κ1) is 11.0. The van der Waals surface area contributed by atoms with Crippen molar-refractivity contribution < 1.29 is 4.79 Å². The van der Waals surface area contributed by atoms with Gasteiger partial charge in [0.05, 0.1) is 0 Å². The van der Waals surface area contributed by atoms with Crippen LogP contribution in [0.5, 0.6) is 0 Å². The van der Waals surface area contributed by atoms with Gasteiger partial charge in [-0.05, 0) is 17.9 Å². The zero-order valence-corrected chi connectivity index (χ0v) is 10.3. The number of nitrogens with one attached hydrogen (secondary N) is 1. The topological polar surface area (TPSA) is 45.2 Å². The molecule has 0 saturated carbocycles. The van der Waals surface area contributed by atoms with Crippen molar-refractivity contribution in [2.45, 2.75) is 12.5 Å². The van der Waals surface area contributed by atoms with Crippen molar-refractivity contribution >= 4 is 22.5 Å². The third kappa shape index (κ3) is 1.79. The Morgan fingerprint density at radius 2 is 2.17 bits per heavy atom. The number of nitrogens with zero attached hydrogens (tertiary/aromatic N) is 2. The summed E-state index contributed by atoms with van der Waals surface area (Å²) in [6, 6.07) is 9.88. The van der Waals surface area contributed by atoms with Gasteiger partial charge in [0.2, 0.25) is 5.91 Å². The highest BCUT2D eigenvalue weighted by Gasteiger charge is 2.29. The molecule has 2 heterocycles. The van der Waals surface area contributed by atoms with Crippen molar-refractivity contribution in [2.75, 3.05) is 18.9 Å². The van der Waals surface area contributed by atoms with E-state index in [0.29, 0.717) is 0 Å². The Hall–Kier alpha value is -2.10. The molecule has 1 aromatic carbocycles. The number of carbonyl (C=O) groups excluding carboxylic acids is 1. The number of aromatic nitrogens is 1. The van der Waals surface area contributed by atoms with E-state index in [-0.39, 0.29) is 11.9 Å². The second-order valence-electron chi connectivity index (χ2n) is 4.63. The first-order valence-electron chi connectivity index (χ1n) is 6.11. The predicted octanol–water partition coefficient (Wildman–Crippen LogP) is 1.88. The molecule has 1 atom stereocenters. The molecule has 1 unspecified atom stereocenters. The maximum atomic E-state index is 11.9. The van der Waals surface area contributed by atoms with Crippen molar-refractivity contribution in [2.24, 2.45) is 0 Å². The van der Waals surface area contributed by atoms with E-state index >= 15 is 0 Å². The summed E-state index contributed by atoms with van der Waals surface area (Å²) >= 11 is 0. The fourth-order valence-corrected chi connectivity index (χ4v) is 2.36. The lowest BCUT2D eigenvalue weighted by Gasteiger charge is -2.14. The summed E-state index contributed by atoms with van der Waals surface area (Å²) in [5, 5.41) is 5.45. The van der Waals surface area contributed by atoms with Crippen LogP contribution in [0.2, 0.25) is 0 Å². The molecule has 1 amide bonds. The number of hydrogen-bond acceptors (Lipinski definition) is 3. The maximum Gasteiger partial charge on any atom is 0.244 e. The van der Waals surface area contributed by atoms with Gasteiger partial charge in [-0.3, -0.25) is 4.79 Å². The molecular weight excluding hydrogens is 226 g/mol. The summed E-state index contributed by atoms with van der Waals surface area (Å²) in [5.74, 6) is 0.937. The molecule has 1 N–H and O–H groups in total. The molecule has 1 aliphatic heterocycles. The lowest BCUT2D eigenvalue weighted by Crippen LogP contribution is -2.31. The van der Waals surface area contributed by atoms with Crippen molar-refractivity contribution in [3.05, 3.63) is 36.5 Å². The standard InChI is InChI=1S/C14H15N3O/c1-17-9-7-12(14(17)18)16-13-11-5-3-2-4-10(11)6-8-15-13/h2-6,8,12H,7,9H2,1H3,(H,15,16). The molecule has 2 aromatic rings. The zero-order chi connectivity index (χ0) is 12.5. The number of fused-ring (bicyclic) bond motifs is 1. The number of amides is 1. The molecule has 18 heavy (non-hydrogen) atoms. The van der Waals surface area contributed by atoms with Crippen LogP contribution in [0, 0.1) is 0 Å². The molecule has 1 fully saturated rings. The lowest BCUT2D eigenvalue weighted by molar-refractivity contribution is -0.127. The van der Waals surface area contributed by atoms with Gasteiger partial charge >= 0.3 is 0 Å². The van der Waals surface area contributed by atoms with Crippen LogP contribution in [0.1, 0.15) is 6.42 Å². The Kier molecular flexibility index (Phi) is 2.63. The van der Waals surface area contributed by atoms with E-state index in [1.54, 1.807) is 11.1 Å². The van der Waals surface area contributed by atoms with E-state index in [2.05, 4.69) is 10.3 Å². The fourth-order valence-electron chi connectivity index (χ4n) is 2.36. The van der Waals surface area contributed by atoms with Crippen LogP contribution >= 0.6 is 0 Å². The van der Waals surface area contributed by atoms with E-state index in [0.717, 1.165) is 29.6 Å². The number of hydrogen-bond donors (Lipinski definition) is 1. The average Bonchev–Trinajstić information content (AvgIpc) is 2.71. The first-order chi connectivity index (χ1) is 8.75. The monoisotopic (exact) mass is 241 g/mol. The van der Waals surface area contributed by atoms with Gasteiger partial charge in [0.15, 0.2) is 0 Å². The SMILES string of the molecule is CN1CCC(Nc2nccc3ccccc23)C1=O. The third-order valence-corrected chi connectivity index (χ3v) is 3.41. The van der Waals surface area contributed by atoms with Crippen molar-refractivity contribution in [1.29, 1.82) is 0 Å². The van der Waals surface area contributed by atoms with Crippen LogP contribution in [0.15, 0.2) is 36.5 Å². The Balaban J connectivity index is 1.93. The summed E-state index contributed by atoms with van der Waals surface area (Å²) in [4.78, 5) is 18.0. The van der Waals surface area contributed by atoms with Crippen molar-refractivity contribution in [3.8, 4) is 0 Å². The number of carbonyl (C=O) groups is 1. The molecule has 0 spiro atoms. The third-order valence-electron chi connectivity index (χ3n) is 3.41. The van der Waals surface area contributed by atoms with Crippen LogP contribution < -0.4 is 5.32 Å². The summed E-state index contributed by atoms with van der Waals surface area (Å²) in [6.07, 6.45) is 2.61. The quantitative estimate of drug-likeness (QED) is 0.873. The van der Waals surface area contributed by atoms with E-state index in [4.69, 9.17) is 0 Å². The van der Waals surface area contributed by atoms with Crippen LogP contribution in [-0.2, 0) is 4.79 Å². The van der Waals surface area contributed by atoms with E-state index in [1.165, 1.54) is 0 Å². The Labute approximate surface area is 106 Å². The Bertz CT molecular complexity index is 591. The molecule has 0 aliphatic carbocycles. The van der Waals surface area contributed by atoms with Gasteiger partial charge in [0.25, 0.3) is 0 Å². The highest BCUT2D eigenvalue weighted by atomic mass is 16.2. The first-order valence-corrected chi connectivity index (χ1v) is 6.11. The minimum absolute atomic E-state index is 0.143. The maximum absolute atomic E-state index is 11.9. The van der Waals surface area contributed by atoms with Gasteiger partial charge < -0.3 is 10.2 Å². The summed E-state index contributed by atoms with van der Waals surface area (Å²) in [7, 11) is 1.83. The average molecular weight is 241 g/mol. The lowest BCUT2D eigenvalue weighted by atomic mass is 10.1. The molecule has 92 valence electrons. The number of likely N-dealkylation sites (tertiary alicyclic amines) is 1. The highest BCUT2D eigenvalue weighted by molar-refractivity contribution is 5.94. The number of benzene rings is 1. The van der Waals surface area contributed by atoms with Gasteiger partial charge in [0, 0.05) is 25.2 Å². The van der Waals surface area contributed by atoms with E-state index < -0.39 is 0 Å². The molecular formula is C14H15N3O. The number of pyridine rings is 1. The number of likely N-dealkylation sites (N-methyl/N-ethyl adjacent to an activating group) is 1. The molecule has 1 aliphatic rings. The zero-order valence-electron chi connectivity index (χ0n) is 10.3.